The third kappa shape index (κ3) is 2.01. The molecule has 13 heavy (non-hydrogen) atoms. The van der Waals surface area contributed by atoms with Gasteiger partial charge in [-0.25, -0.2) is 0 Å². The zero-order valence-electron chi connectivity index (χ0n) is 7.14. The molecular formula is C8H10N2O3. The van der Waals surface area contributed by atoms with Gasteiger partial charge in [-0.05, 0) is 18.1 Å². The predicted octanol–water partition coefficient (Wildman–Crippen LogP) is 0.865. The van der Waals surface area contributed by atoms with Gasteiger partial charge in [-0.3, -0.25) is 20.2 Å². The topological polar surface area (TPSA) is 73.7 Å². The van der Waals surface area contributed by atoms with Gasteiger partial charge in [0.15, 0.2) is 0 Å². The summed E-state index contributed by atoms with van der Waals surface area (Å²) < 4.78 is 0. The van der Waals surface area contributed by atoms with Crippen molar-refractivity contribution in [1.29, 1.82) is 0 Å². The summed E-state index contributed by atoms with van der Waals surface area (Å²) in [5.74, 6) is -0.848. The first-order valence-corrected chi connectivity index (χ1v) is 3.82. The molecule has 5 heteroatoms. The molecule has 1 heterocycles. The van der Waals surface area contributed by atoms with Gasteiger partial charge < -0.3 is 0 Å². The maximum absolute atomic E-state index is 11.1. The number of rotatable bonds is 2. The van der Waals surface area contributed by atoms with Crippen molar-refractivity contribution >= 4 is 5.91 Å². The number of aryl methyl sites for hydroxylation is 1. The van der Waals surface area contributed by atoms with E-state index in [0.717, 1.165) is 0 Å². The Bertz CT molecular complexity index is 312. The summed E-state index contributed by atoms with van der Waals surface area (Å²) >= 11 is 0. The highest BCUT2D eigenvalue weighted by Crippen LogP contribution is 2.08. The summed E-state index contributed by atoms with van der Waals surface area (Å²) in [6, 6.07) is 1.45. The average molecular weight is 182 g/mol. The van der Waals surface area contributed by atoms with Crippen LogP contribution in [0.25, 0.3) is 0 Å². The van der Waals surface area contributed by atoms with Crippen LogP contribution >= 0.6 is 0 Å². The molecule has 1 aromatic rings. The molecule has 0 unspecified atom stereocenters. The summed E-state index contributed by atoms with van der Waals surface area (Å²) in [4.78, 5) is 14.9. The lowest BCUT2D eigenvalue weighted by Crippen LogP contribution is -2.24. The number of hydrogen-bond acceptors (Lipinski definition) is 4. The minimum absolute atomic E-state index is 0.252. The molecule has 0 atom stereocenters. The Morgan fingerprint density at radius 1 is 1.62 bits per heavy atom. The van der Waals surface area contributed by atoms with Crippen molar-refractivity contribution in [1.82, 2.24) is 10.2 Å². The van der Waals surface area contributed by atoms with E-state index in [-0.39, 0.29) is 5.56 Å². The number of aromatic nitrogens is 1. The molecule has 0 spiro atoms. The highest BCUT2D eigenvalue weighted by Gasteiger charge is 2.14. The number of hydroxylamine groups is 2. The van der Waals surface area contributed by atoms with E-state index in [9.17, 15) is 4.79 Å². The molecule has 0 fully saturated rings. The second kappa shape index (κ2) is 3.97. The van der Waals surface area contributed by atoms with Gasteiger partial charge >= 0.3 is 5.91 Å². The van der Waals surface area contributed by atoms with E-state index >= 15 is 0 Å². The van der Waals surface area contributed by atoms with Gasteiger partial charge in [0, 0.05) is 12.4 Å². The second-order valence-electron chi connectivity index (χ2n) is 2.48. The normalized spacial score (nSPS) is 9.77. The van der Waals surface area contributed by atoms with Crippen LogP contribution in [0.5, 0.6) is 0 Å². The highest BCUT2D eigenvalue weighted by atomic mass is 16.8. The van der Waals surface area contributed by atoms with Crippen LogP contribution in [0.1, 0.15) is 22.8 Å². The van der Waals surface area contributed by atoms with Gasteiger partial charge in [-0.15, -0.1) is 0 Å². The number of pyridine rings is 1. The molecule has 0 aliphatic heterocycles. The number of amides is 1. The fourth-order valence-electron chi connectivity index (χ4n) is 1.03. The van der Waals surface area contributed by atoms with Gasteiger partial charge in [0.2, 0.25) is 0 Å². The predicted molar refractivity (Wildman–Crippen MR) is 43.4 cm³/mol. The smallest absolute Gasteiger partial charge is 0.264 e. The van der Waals surface area contributed by atoms with Crippen LogP contribution in [0.15, 0.2) is 18.5 Å². The molecular weight excluding hydrogens is 172 g/mol. The van der Waals surface area contributed by atoms with Crippen molar-refractivity contribution < 1.29 is 15.2 Å². The van der Waals surface area contributed by atoms with Crippen molar-refractivity contribution in [3.05, 3.63) is 29.6 Å². The Morgan fingerprint density at radius 2 is 2.31 bits per heavy atom. The van der Waals surface area contributed by atoms with Gasteiger partial charge in [-0.1, -0.05) is 12.2 Å². The summed E-state index contributed by atoms with van der Waals surface area (Å²) in [5.41, 5.74) is 0.933. The Kier molecular flexibility index (Phi) is 2.94. The minimum Gasteiger partial charge on any atom is -0.264 e. The molecule has 0 aliphatic rings. The molecule has 0 saturated heterocycles. The van der Waals surface area contributed by atoms with E-state index in [1.807, 2.05) is 6.92 Å². The molecule has 0 bridgehead atoms. The molecule has 0 aromatic carbocycles. The Hall–Kier alpha value is -1.46. The molecule has 70 valence electrons. The van der Waals surface area contributed by atoms with Gasteiger partial charge in [0.25, 0.3) is 0 Å². The molecule has 2 N–H and O–H groups in total. The SMILES string of the molecule is CCc1cnccc1C(=O)N(O)O. The maximum atomic E-state index is 11.1. The van der Waals surface area contributed by atoms with E-state index in [1.165, 1.54) is 18.5 Å². The standard InChI is InChI=1S/C8H10N2O3/c1-2-6-5-9-4-3-7(6)8(11)10(12)13/h3-5,12-13H,2H2,1H3. The lowest BCUT2D eigenvalue weighted by atomic mass is 10.1. The van der Waals surface area contributed by atoms with Crippen LogP contribution in [-0.4, -0.2) is 26.5 Å². The van der Waals surface area contributed by atoms with E-state index in [4.69, 9.17) is 10.4 Å². The number of hydrogen-bond donors (Lipinski definition) is 2. The van der Waals surface area contributed by atoms with Crippen LogP contribution in [0.3, 0.4) is 0 Å². The molecule has 0 aliphatic carbocycles. The monoisotopic (exact) mass is 182 g/mol. The number of carbonyl (C=O) groups excluding carboxylic acids is 1. The molecule has 0 radical (unpaired) electrons. The van der Waals surface area contributed by atoms with Crippen LogP contribution in [0.2, 0.25) is 0 Å². The summed E-state index contributed by atoms with van der Waals surface area (Å²) in [7, 11) is 0. The molecule has 1 amide bonds. The zero-order valence-corrected chi connectivity index (χ0v) is 7.14. The summed E-state index contributed by atoms with van der Waals surface area (Å²) in [6.45, 7) is 1.85. The summed E-state index contributed by atoms with van der Waals surface area (Å²) in [5, 5.41) is 16.6. The van der Waals surface area contributed by atoms with Crippen LogP contribution in [0.4, 0.5) is 0 Å². The van der Waals surface area contributed by atoms with E-state index in [2.05, 4.69) is 4.98 Å². The Labute approximate surface area is 75.2 Å². The first kappa shape index (κ1) is 9.63. The number of nitrogens with zero attached hydrogens (tertiary/aromatic N) is 2. The molecule has 0 saturated carbocycles. The van der Waals surface area contributed by atoms with Crippen LogP contribution in [0, 0.1) is 0 Å². The van der Waals surface area contributed by atoms with Crippen LogP contribution < -0.4 is 0 Å². The second-order valence-corrected chi connectivity index (χ2v) is 2.48. The van der Waals surface area contributed by atoms with E-state index < -0.39 is 11.1 Å². The fourth-order valence-corrected chi connectivity index (χ4v) is 1.03. The summed E-state index contributed by atoms with van der Waals surface area (Å²) in [6.07, 6.45) is 3.56. The van der Waals surface area contributed by atoms with E-state index in [0.29, 0.717) is 12.0 Å². The van der Waals surface area contributed by atoms with Crippen molar-refractivity contribution in [2.75, 3.05) is 0 Å². The third-order valence-electron chi connectivity index (χ3n) is 1.70. The van der Waals surface area contributed by atoms with Crippen molar-refractivity contribution in [3.63, 3.8) is 0 Å². The molecule has 1 aromatic heterocycles. The quantitative estimate of drug-likeness (QED) is 0.525. The van der Waals surface area contributed by atoms with E-state index in [1.54, 1.807) is 0 Å². The van der Waals surface area contributed by atoms with Crippen molar-refractivity contribution in [2.24, 2.45) is 0 Å². The van der Waals surface area contributed by atoms with Gasteiger partial charge in [0.05, 0.1) is 5.56 Å². The molecule has 5 nitrogen and oxygen atoms in total. The van der Waals surface area contributed by atoms with Crippen molar-refractivity contribution in [2.45, 2.75) is 13.3 Å². The zero-order chi connectivity index (χ0) is 9.84. The average Bonchev–Trinajstić information content (AvgIpc) is 2.16. The van der Waals surface area contributed by atoms with Crippen LogP contribution in [-0.2, 0) is 6.42 Å². The minimum atomic E-state index is -0.848. The maximum Gasteiger partial charge on any atom is 0.303 e. The largest absolute Gasteiger partial charge is 0.303 e. The number of carbonyl (C=O) groups is 1. The van der Waals surface area contributed by atoms with Crippen molar-refractivity contribution in [3.8, 4) is 0 Å². The Balaban J connectivity index is 3.06. The first-order chi connectivity index (χ1) is 6.16. The lowest BCUT2D eigenvalue weighted by Gasteiger charge is -2.08. The Morgan fingerprint density at radius 3 is 2.85 bits per heavy atom. The van der Waals surface area contributed by atoms with Gasteiger partial charge in [-0.2, -0.15) is 0 Å². The highest BCUT2D eigenvalue weighted by molar-refractivity contribution is 5.93. The van der Waals surface area contributed by atoms with Gasteiger partial charge in [0.1, 0.15) is 0 Å². The fraction of sp³-hybridized carbons (Fsp3) is 0.250. The molecule has 1 rings (SSSR count). The third-order valence-corrected chi connectivity index (χ3v) is 1.70. The first-order valence-electron chi connectivity index (χ1n) is 3.82. The lowest BCUT2D eigenvalue weighted by molar-refractivity contribution is -0.260.